The summed E-state index contributed by atoms with van der Waals surface area (Å²) in [5, 5.41) is 3.21. The summed E-state index contributed by atoms with van der Waals surface area (Å²) in [6, 6.07) is 19.0. The molecule has 4 rings (SSSR count). The van der Waals surface area contributed by atoms with Crippen LogP contribution in [0.15, 0.2) is 54.6 Å². The third-order valence-electron chi connectivity index (χ3n) is 6.26. The maximum absolute atomic E-state index is 12.8. The minimum absolute atomic E-state index is 0.0382. The van der Waals surface area contributed by atoms with Crippen LogP contribution < -0.4 is 5.32 Å². The van der Waals surface area contributed by atoms with Crippen molar-refractivity contribution in [3.05, 3.63) is 71.3 Å². The normalized spacial score (nSPS) is 20.5. The second-order valence-corrected chi connectivity index (χ2v) is 8.71. The molecule has 0 aromatic heterocycles. The van der Waals surface area contributed by atoms with E-state index in [0.29, 0.717) is 19.5 Å². The number of carbonyl (C=O) groups excluding carboxylic acids is 2. The molecular weight excluding hydrogens is 374 g/mol. The topological polar surface area (TPSA) is 52.7 Å². The molecule has 0 radical (unpaired) electrons. The van der Waals surface area contributed by atoms with Crippen LogP contribution in [0.3, 0.4) is 0 Å². The van der Waals surface area contributed by atoms with Crippen molar-refractivity contribution in [1.82, 2.24) is 15.1 Å². The van der Waals surface area contributed by atoms with E-state index in [1.807, 2.05) is 11.0 Å². The van der Waals surface area contributed by atoms with Crippen molar-refractivity contribution in [3.8, 4) is 0 Å². The standard InChI is InChI=1S/C25H31N3O2/c1-19-7-9-21(10-8-19)17-28-18-22(15-24(28)29)25(30)26-23-11-13-27(14-12-23)16-20-5-3-2-4-6-20/h2-10,22-23H,11-18H2,1H3,(H,26,30). The number of carbonyl (C=O) groups is 2. The van der Waals surface area contributed by atoms with E-state index < -0.39 is 0 Å². The van der Waals surface area contributed by atoms with E-state index in [9.17, 15) is 9.59 Å². The third-order valence-corrected chi connectivity index (χ3v) is 6.26. The average Bonchev–Trinajstić information content (AvgIpc) is 3.12. The highest BCUT2D eigenvalue weighted by Crippen LogP contribution is 2.22. The van der Waals surface area contributed by atoms with Crippen LogP contribution in [0.1, 0.15) is 36.0 Å². The maximum Gasteiger partial charge on any atom is 0.225 e. The maximum atomic E-state index is 12.8. The van der Waals surface area contributed by atoms with Crippen LogP contribution in [0.25, 0.3) is 0 Å². The molecule has 2 aliphatic heterocycles. The zero-order chi connectivity index (χ0) is 20.9. The van der Waals surface area contributed by atoms with E-state index in [1.165, 1.54) is 11.1 Å². The Balaban J connectivity index is 1.22. The molecule has 5 heteroatoms. The summed E-state index contributed by atoms with van der Waals surface area (Å²) in [6.07, 6.45) is 2.25. The van der Waals surface area contributed by atoms with E-state index in [2.05, 4.69) is 65.7 Å². The van der Waals surface area contributed by atoms with Crippen LogP contribution in [0.5, 0.6) is 0 Å². The number of nitrogens with zero attached hydrogens (tertiary/aromatic N) is 2. The van der Waals surface area contributed by atoms with Crippen LogP contribution in [-0.2, 0) is 22.7 Å². The minimum atomic E-state index is -0.231. The monoisotopic (exact) mass is 405 g/mol. The Kier molecular flexibility index (Phi) is 6.48. The van der Waals surface area contributed by atoms with Gasteiger partial charge in [0.15, 0.2) is 0 Å². The van der Waals surface area contributed by atoms with E-state index in [0.717, 1.165) is 38.0 Å². The molecule has 0 spiro atoms. The average molecular weight is 406 g/mol. The highest BCUT2D eigenvalue weighted by Gasteiger charge is 2.35. The number of piperidine rings is 1. The lowest BCUT2D eigenvalue weighted by Gasteiger charge is -2.32. The first-order valence-electron chi connectivity index (χ1n) is 11.0. The Labute approximate surface area is 179 Å². The fraction of sp³-hybridized carbons (Fsp3) is 0.440. The Morgan fingerprint density at radius 2 is 1.63 bits per heavy atom. The first kappa shape index (κ1) is 20.6. The van der Waals surface area contributed by atoms with Gasteiger partial charge in [0, 0.05) is 45.2 Å². The van der Waals surface area contributed by atoms with Gasteiger partial charge in [-0.05, 0) is 30.9 Å². The van der Waals surface area contributed by atoms with Crippen molar-refractivity contribution in [3.63, 3.8) is 0 Å². The minimum Gasteiger partial charge on any atom is -0.353 e. The number of rotatable bonds is 6. The molecule has 2 aromatic carbocycles. The van der Waals surface area contributed by atoms with Gasteiger partial charge in [0.2, 0.25) is 11.8 Å². The predicted octanol–water partition coefficient (Wildman–Crippen LogP) is 3.12. The molecule has 0 saturated carbocycles. The van der Waals surface area contributed by atoms with Gasteiger partial charge in [0.1, 0.15) is 0 Å². The van der Waals surface area contributed by atoms with Gasteiger partial charge in [-0.1, -0.05) is 60.2 Å². The molecule has 2 saturated heterocycles. The van der Waals surface area contributed by atoms with Gasteiger partial charge in [0.05, 0.1) is 5.92 Å². The third kappa shape index (κ3) is 5.28. The first-order valence-corrected chi connectivity index (χ1v) is 11.0. The highest BCUT2D eigenvalue weighted by molar-refractivity contribution is 5.89. The summed E-state index contributed by atoms with van der Waals surface area (Å²) in [5.41, 5.74) is 3.65. The lowest BCUT2D eigenvalue weighted by molar-refractivity contribution is -0.129. The number of hydrogen-bond acceptors (Lipinski definition) is 3. The van der Waals surface area contributed by atoms with Crippen LogP contribution in [-0.4, -0.2) is 47.3 Å². The smallest absolute Gasteiger partial charge is 0.225 e. The Morgan fingerprint density at radius 1 is 0.967 bits per heavy atom. The van der Waals surface area contributed by atoms with Gasteiger partial charge in [-0.2, -0.15) is 0 Å². The van der Waals surface area contributed by atoms with E-state index >= 15 is 0 Å². The first-order chi connectivity index (χ1) is 14.6. The van der Waals surface area contributed by atoms with Crippen LogP contribution >= 0.6 is 0 Å². The molecule has 158 valence electrons. The molecule has 2 amide bonds. The van der Waals surface area contributed by atoms with Crippen LogP contribution in [0.4, 0.5) is 0 Å². The van der Waals surface area contributed by atoms with Crippen molar-refractivity contribution in [1.29, 1.82) is 0 Å². The van der Waals surface area contributed by atoms with E-state index in [1.54, 1.807) is 0 Å². The molecule has 2 aromatic rings. The second-order valence-electron chi connectivity index (χ2n) is 8.71. The zero-order valence-corrected chi connectivity index (χ0v) is 17.7. The summed E-state index contributed by atoms with van der Waals surface area (Å²) in [7, 11) is 0. The molecule has 0 aliphatic carbocycles. The Morgan fingerprint density at radius 3 is 2.33 bits per heavy atom. The van der Waals surface area contributed by atoms with Gasteiger partial charge >= 0.3 is 0 Å². The van der Waals surface area contributed by atoms with Crippen LogP contribution in [0.2, 0.25) is 0 Å². The molecule has 1 N–H and O–H groups in total. The summed E-state index contributed by atoms with van der Waals surface area (Å²) in [5.74, 6) is -0.116. The van der Waals surface area contributed by atoms with Gasteiger partial charge < -0.3 is 10.2 Å². The summed E-state index contributed by atoms with van der Waals surface area (Å²) < 4.78 is 0. The molecular formula is C25H31N3O2. The van der Waals surface area contributed by atoms with E-state index in [4.69, 9.17) is 0 Å². The predicted molar refractivity (Wildman–Crippen MR) is 118 cm³/mol. The molecule has 1 unspecified atom stereocenters. The quantitative estimate of drug-likeness (QED) is 0.803. The lowest BCUT2D eigenvalue weighted by Crippen LogP contribution is -2.46. The number of amides is 2. The SMILES string of the molecule is Cc1ccc(CN2CC(C(=O)NC3CCN(Cc4ccccc4)CC3)CC2=O)cc1. The molecule has 5 nitrogen and oxygen atoms in total. The van der Waals surface area contributed by atoms with Crippen molar-refractivity contribution in [2.45, 2.75) is 45.3 Å². The van der Waals surface area contributed by atoms with Gasteiger partial charge in [0.25, 0.3) is 0 Å². The lowest BCUT2D eigenvalue weighted by atomic mass is 10.0. The largest absolute Gasteiger partial charge is 0.353 e. The number of benzene rings is 2. The number of likely N-dealkylation sites (tertiary alicyclic amines) is 2. The second kappa shape index (κ2) is 9.43. The molecule has 2 fully saturated rings. The zero-order valence-electron chi connectivity index (χ0n) is 17.7. The van der Waals surface area contributed by atoms with Gasteiger partial charge in [-0.3, -0.25) is 14.5 Å². The molecule has 30 heavy (non-hydrogen) atoms. The summed E-state index contributed by atoms with van der Waals surface area (Å²) in [6.45, 7) is 6.10. The van der Waals surface area contributed by atoms with Crippen LogP contribution in [0, 0.1) is 12.8 Å². The molecule has 0 bridgehead atoms. The Hall–Kier alpha value is -2.66. The molecule has 2 aliphatic rings. The number of aryl methyl sites for hydroxylation is 1. The van der Waals surface area contributed by atoms with E-state index in [-0.39, 0.29) is 23.8 Å². The van der Waals surface area contributed by atoms with Crippen molar-refractivity contribution < 1.29 is 9.59 Å². The summed E-state index contributed by atoms with van der Waals surface area (Å²) in [4.78, 5) is 29.4. The number of hydrogen-bond donors (Lipinski definition) is 1. The van der Waals surface area contributed by atoms with Crippen molar-refractivity contribution >= 4 is 11.8 Å². The van der Waals surface area contributed by atoms with Crippen molar-refractivity contribution in [2.75, 3.05) is 19.6 Å². The fourth-order valence-corrected chi connectivity index (χ4v) is 4.41. The summed E-state index contributed by atoms with van der Waals surface area (Å²) >= 11 is 0. The fourth-order valence-electron chi connectivity index (χ4n) is 4.41. The molecule has 1 atom stereocenters. The highest BCUT2D eigenvalue weighted by atomic mass is 16.2. The number of nitrogens with one attached hydrogen (secondary N) is 1. The molecule has 2 heterocycles. The van der Waals surface area contributed by atoms with Gasteiger partial charge in [-0.15, -0.1) is 0 Å². The van der Waals surface area contributed by atoms with Gasteiger partial charge in [-0.25, -0.2) is 0 Å². The Bertz CT molecular complexity index is 858. The van der Waals surface area contributed by atoms with Crippen molar-refractivity contribution in [2.24, 2.45) is 5.92 Å².